The van der Waals surface area contributed by atoms with Crippen molar-refractivity contribution in [2.75, 3.05) is 6.61 Å². The quantitative estimate of drug-likeness (QED) is 0.670. The Kier molecular flexibility index (Phi) is 7.12. The third-order valence-corrected chi connectivity index (χ3v) is 3.97. The van der Waals surface area contributed by atoms with Crippen molar-refractivity contribution in [1.82, 2.24) is 10.6 Å². The largest absolute Gasteiger partial charge is 0.394 e. The number of rotatable bonds is 7. The van der Waals surface area contributed by atoms with Crippen molar-refractivity contribution in [3.8, 4) is 0 Å². The van der Waals surface area contributed by atoms with Crippen LogP contribution in [0.15, 0.2) is 60.3 Å². The number of benzene rings is 2. The Balaban J connectivity index is 2.27. The summed E-state index contributed by atoms with van der Waals surface area (Å²) >= 11 is 0. The predicted octanol–water partition coefficient (Wildman–Crippen LogP) is 2.65. The summed E-state index contributed by atoms with van der Waals surface area (Å²) in [5.74, 6) is -0.799. The normalized spacial score (nSPS) is 12.3. The fourth-order valence-corrected chi connectivity index (χ4v) is 2.31. The van der Waals surface area contributed by atoms with Gasteiger partial charge in [-0.3, -0.25) is 9.59 Å². The molecule has 0 aliphatic rings. The van der Waals surface area contributed by atoms with Crippen LogP contribution in [0.1, 0.15) is 34.8 Å². The second-order valence-electron chi connectivity index (χ2n) is 6.05. The number of carbonyl (C=O) groups excluding carboxylic acids is 2. The van der Waals surface area contributed by atoms with Gasteiger partial charge < -0.3 is 15.7 Å². The van der Waals surface area contributed by atoms with Crippen LogP contribution in [-0.2, 0) is 4.79 Å². The summed E-state index contributed by atoms with van der Waals surface area (Å²) in [6, 6.07) is 16.0. The van der Waals surface area contributed by atoms with Gasteiger partial charge in [0.15, 0.2) is 0 Å². The molecule has 0 bridgehead atoms. The van der Waals surface area contributed by atoms with Gasteiger partial charge in [-0.1, -0.05) is 55.0 Å². The van der Waals surface area contributed by atoms with E-state index >= 15 is 0 Å². The lowest BCUT2D eigenvalue weighted by molar-refractivity contribution is -0.118. The maximum Gasteiger partial charge on any atom is 0.268 e. The van der Waals surface area contributed by atoms with Gasteiger partial charge in [0, 0.05) is 5.56 Å². The van der Waals surface area contributed by atoms with Gasteiger partial charge in [-0.25, -0.2) is 0 Å². The number of aliphatic hydroxyl groups is 1. The van der Waals surface area contributed by atoms with Gasteiger partial charge >= 0.3 is 0 Å². The van der Waals surface area contributed by atoms with E-state index in [2.05, 4.69) is 10.6 Å². The number of amides is 2. The van der Waals surface area contributed by atoms with E-state index in [0.29, 0.717) is 12.0 Å². The van der Waals surface area contributed by atoms with Crippen molar-refractivity contribution in [2.24, 2.45) is 0 Å². The summed E-state index contributed by atoms with van der Waals surface area (Å²) < 4.78 is 0. The van der Waals surface area contributed by atoms with Crippen molar-refractivity contribution >= 4 is 17.9 Å². The lowest BCUT2D eigenvalue weighted by Gasteiger charge is -2.16. The van der Waals surface area contributed by atoms with Crippen molar-refractivity contribution in [2.45, 2.75) is 26.3 Å². The minimum atomic E-state index is -0.434. The first-order chi connectivity index (χ1) is 12.5. The standard InChI is InChI=1S/C21H24N2O3/c1-3-18(14-24)22-21(26)19(13-16-11-9-15(2)10-12-16)23-20(25)17-7-5-4-6-8-17/h4-13,18,24H,3,14H2,1-2H3,(H,22,26)(H,23,25)/b19-13-/t18-/m0/s1. The molecule has 0 unspecified atom stereocenters. The van der Waals surface area contributed by atoms with Gasteiger partial charge in [-0.15, -0.1) is 0 Å². The van der Waals surface area contributed by atoms with Crippen LogP contribution in [-0.4, -0.2) is 29.6 Å². The average molecular weight is 352 g/mol. The smallest absolute Gasteiger partial charge is 0.268 e. The highest BCUT2D eigenvalue weighted by molar-refractivity contribution is 6.05. The van der Waals surface area contributed by atoms with Crippen LogP contribution < -0.4 is 10.6 Å². The van der Waals surface area contributed by atoms with Crippen LogP contribution >= 0.6 is 0 Å². The Hall–Kier alpha value is -2.92. The van der Waals surface area contributed by atoms with Crippen LogP contribution in [0.25, 0.3) is 6.08 Å². The van der Waals surface area contributed by atoms with Crippen molar-refractivity contribution in [3.05, 3.63) is 77.0 Å². The SMILES string of the molecule is CC[C@@H](CO)NC(=O)/C(=C/c1ccc(C)cc1)NC(=O)c1ccccc1. The zero-order valence-corrected chi connectivity index (χ0v) is 15.0. The maximum atomic E-state index is 12.6. The zero-order chi connectivity index (χ0) is 18.9. The molecule has 2 aromatic rings. The first-order valence-electron chi connectivity index (χ1n) is 8.60. The third kappa shape index (κ3) is 5.57. The molecular weight excluding hydrogens is 328 g/mol. The summed E-state index contributed by atoms with van der Waals surface area (Å²) in [4.78, 5) is 25.1. The van der Waals surface area contributed by atoms with E-state index in [1.807, 2.05) is 44.2 Å². The monoisotopic (exact) mass is 352 g/mol. The molecule has 0 aromatic heterocycles. The van der Waals surface area contributed by atoms with Gasteiger partial charge in [-0.05, 0) is 37.1 Å². The average Bonchev–Trinajstić information content (AvgIpc) is 2.67. The number of aryl methyl sites for hydroxylation is 1. The molecule has 26 heavy (non-hydrogen) atoms. The van der Waals surface area contributed by atoms with Crippen LogP contribution in [0.5, 0.6) is 0 Å². The fraction of sp³-hybridized carbons (Fsp3) is 0.238. The van der Waals surface area contributed by atoms with Crippen molar-refractivity contribution < 1.29 is 14.7 Å². The molecule has 0 heterocycles. The molecule has 2 rings (SSSR count). The second kappa shape index (κ2) is 9.53. The summed E-state index contributed by atoms with van der Waals surface area (Å²) in [5.41, 5.74) is 2.50. The van der Waals surface area contributed by atoms with Crippen LogP contribution in [0.3, 0.4) is 0 Å². The fourth-order valence-electron chi connectivity index (χ4n) is 2.31. The van der Waals surface area contributed by atoms with Gasteiger partial charge in [0.2, 0.25) is 0 Å². The highest BCUT2D eigenvalue weighted by Gasteiger charge is 2.17. The Labute approximate surface area is 153 Å². The van der Waals surface area contributed by atoms with Crippen LogP contribution in [0.4, 0.5) is 0 Å². The predicted molar refractivity (Wildman–Crippen MR) is 102 cm³/mol. The Morgan fingerprint density at radius 1 is 1.08 bits per heavy atom. The lowest BCUT2D eigenvalue weighted by atomic mass is 10.1. The Morgan fingerprint density at radius 2 is 1.73 bits per heavy atom. The highest BCUT2D eigenvalue weighted by Crippen LogP contribution is 2.09. The highest BCUT2D eigenvalue weighted by atomic mass is 16.3. The minimum absolute atomic E-state index is 0.134. The van der Waals surface area contributed by atoms with Gasteiger partial charge in [-0.2, -0.15) is 0 Å². The van der Waals surface area contributed by atoms with Crippen LogP contribution in [0, 0.1) is 6.92 Å². The summed E-state index contributed by atoms with van der Waals surface area (Å²) in [6.45, 7) is 3.69. The molecule has 0 spiro atoms. The molecule has 0 aliphatic heterocycles. The molecule has 0 saturated carbocycles. The molecule has 0 radical (unpaired) electrons. The Bertz CT molecular complexity index is 764. The first kappa shape index (κ1) is 19.4. The summed E-state index contributed by atoms with van der Waals surface area (Å²) in [5, 5.41) is 14.7. The number of aliphatic hydroxyl groups excluding tert-OH is 1. The van der Waals surface area contributed by atoms with E-state index in [1.165, 1.54) is 0 Å². The van der Waals surface area contributed by atoms with E-state index in [4.69, 9.17) is 0 Å². The minimum Gasteiger partial charge on any atom is -0.394 e. The van der Waals surface area contributed by atoms with E-state index in [0.717, 1.165) is 11.1 Å². The molecule has 5 nitrogen and oxygen atoms in total. The number of carbonyl (C=O) groups is 2. The van der Waals surface area contributed by atoms with E-state index < -0.39 is 5.91 Å². The number of hydrogen-bond donors (Lipinski definition) is 3. The molecule has 5 heteroatoms. The maximum absolute atomic E-state index is 12.6. The zero-order valence-electron chi connectivity index (χ0n) is 15.0. The summed E-state index contributed by atoms with van der Waals surface area (Å²) in [7, 11) is 0. The molecule has 0 saturated heterocycles. The topological polar surface area (TPSA) is 78.4 Å². The van der Waals surface area contributed by atoms with E-state index in [1.54, 1.807) is 30.3 Å². The molecule has 1 atom stereocenters. The molecular formula is C21H24N2O3. The van der Waals surface area contributed by atoms with E-state index in [9.17, 15) is 14.7 Å². The molecule has 3 N–H and O–H groups in total. The van der Waals surface area contributed by atoms with E-state index in [-0.39, 0.29) is 24.3 Å². The van der Waals surface area contributed by atoms with Gasteiger partial charge in [0.1, 0.15) is 5.70 Å². The van der Waals surface area contributed by atoms with Crippen LogP contribution in [0.2, 0.25) is 0 Å². The number of nitrogens with one attached hydrogen (secondary N) is 2. The molecule has 2 aromatic carbocycles. The van der Waals surface area contributed by atoms with Crippen molar-refractivity contribution in [1.29, 1.82) is 0 Å². The molecule has 0 fully saturated rings. The van der Waals surface area contributed by atoms with Crippen molar-refractivity contribution in [3.63, 3.8) is 0 Å². The third-order valence-electron chi connectivity index (χ3n) is 3.97. The van der Waals surface area contributed by atoms with Gasteiger partial charge in [0.05, 0.1) is 12.6 Å². The summed E-state index contributed by atoms with van der Waals surface area (Å²) in [6.07, 6.45) is 2.21. The molecule has 2 amide bonds. The Morgan fingerprint density at radius 3 is 2.31 bits per heavy atom. The first-order valence-corrected chi connectivity index (χ1v) is 8.60. The molecule has 0 aliphatic carbocycles. The number of hydrogen-bond acceptors (Lipinski definition) is 3. The lowest BCUT2D eigenvalue weighted by Crippen LogP contribution is -2.41. The second-order valence-corrected chi connectivity index (χ2v) is 6.05. The van der Waals surface area contributed by atoms with Gasteiger partial charge in [0.25, 0.3) is 11.8 Å². The molecule has 136 valence electrons.